The first-order chi connectivity index (χ1) is 15.1. The van der Waals surface area contributed by atoms with Crippen molar-refractivity contribution in [2.75, 3.05) is 24.9 Å². The monoisotopic (exact) mass is 459 g/mol. The number of ether oxygens (including phenoxy) is 1. The molecule has 2 aromatic rings. The van der Waals surface area contributed by atoms with Crippen LogP contribution in [-0.4, -0.2) is 51.6 Å². The van der Waals surface area contributed by atoms with Crippen molar-refractivity contribution in [2.45, 2.75) is 19.3 Å². The van der Waals surface area contributed by atoms with Crippen molar-refractivity contribution < 1.29 is 28.8 Å². The van der Waals surface area contributed by atoms with Gasteiger partial charge >= 0.3 is 11.9 Å². The van der Waals surface area contributed by atoms with Gasteiger partial charge in [0.15, 0.2) is 0 Å². The summed E-state index contributed by atoms with van der Waals surface area (Å²) in [6.45, 7) is 0. The van der Waals surface area contributed by atoms with E-state index in [1.807, 2.05) is 0 Å². The van der Waals surface area contributed by atoms with Crippen LogP contribution in [0.4, 0.5) is 5.82 Å². The van der Waals surface area contributed by atoms with E-state index in [-0.39, 0.29) is 34.9 Å². The molecule has 32 heavy (non-hydrogen) atoms. The Hall–Kier alpha value is -3.55. The minimum atomic E-state index is -2.87. The maximum Gasteiger partial charge on any atom is 0.335 e. The standard InChI is InChI=1S/C22H25N3O6S/c1-31-19(26)8-3-4-11-32(2,30)25-21(27)18-13-16(20(23)24-14-18)10-9-15-6-5-7-17(12-15)22(28)29/h5-7,12-14,32H,3-4,8,11H2,1-2H3,(H2,23,24)(H,28,29)(H,25,27,30). The lowest BCUT2D eigenvalue weighted by atomic mass is 10.1. The van der Waals surface area contributed by atoms with Crippen LogP contribution >= 0.6 is 0 Å². The van der Waals surface area contributed by atoms with Crippen molar-refractivity contribution in [1.29, 1.82) is 0 Å². The largest absolute Gasteiger partial charge is 0.478 e. The Bertz CT molecular complexity index is 1140. The molecule has 10 heteroatoms. The number of anilines is 1. The lowest BCUT2D eigenvalue weighted by Crippen LogP contribution is -2.16. The number of carboxylic acid groups (broad SMARTS) is 1. The second-order valence-electron chi connectivity index (χ2n) is 7.04. The molecule has 0 aliphatic rings. The second kappa shape index (κ2) is 11.2. The zero-order chi connectivity index (χ0) is 23.7. The van der Waals surface area contributed by atoms with E-state index >= 15 is 0 Å². The lowest BCUT2D eigenvalue weighted by Gasteiger charge is -2.17. The number of benzene rings is 1. The van der Waals surface area contributed by atoms with Gasteiger partial charge in [0.2, 0.25) is 0 Å². The molecular formula is C22H25N3O6S. The number of pyridine rings is 1. The third kappa shape index (κ3) is 7.61. The number of carbonyl (C=O) groups is 3. The summed E-state index contributed by atoms with van der Waals surface area (Å²) in [6.07, 6.45) is 4.07. The summed E-state index contributed by atoms with van der Waals surface area (Å²) in [7, 11) is -1.55. The summed E-state index contributed by atoms with van der Waals surface area (Å²) in [6, 6.07) is 7.53. The van der Waals surface area contributed by atoms with Crippen molar-refractivity contribution in [1.82, 2.24) is 4.98 Å². The molecule has 1 aromatic heterocycles. The van der Waals surface area contributed by atoms with Crippen molar-refractivity contribution in [3.63, 3.8) is 0 Å². The number of aromatic nitrogens is 1. The highest BCUT2D eigenvalue weighted by molar-refractivity contribution is 7.99. The van der Waals surface area contributed by atoms with E-state index in [0.29, 0.717) is 24.2 Å². The van der Waals surface area contributed by atoms with Crippen LogP contribution in [0, 0.1) is 11.8 Å². The molecule has 1 heterocycles. The maximum atomic E-state index is 12.5. The number of carbonyl (C=O) groups excluding carboxylic acids is 2. The summed E-state index contributed by atoms with van der Waals surface area (Å²) in [5, 5.41) is 9.07. The van der Waals surface area contributed by atoms with Crippen molar-refractivity contribution in [3.05, 3.63) is 58.8 Å². The Morgan fingerprint density at radius 1 is 1.19 bits per heavy atom. The zero-order valence-corrected chi connectivity index (χ0v) is 18.6. The highest BCUT2D eigenvalue weighted by Gasteiger charge is 2.12. The number of esters is 1. The summed E-state index contributed by atoms with van der Waals surface area (Å²) in [5.74, 6) is 3.96. The average molecular weight is 460 g/mol. The predicted octanol–water partition coefficient (Wildman–Crippen LogP) is 2.42. The van der Waals surface area contributed by atoms with Gasteiger partial charge in [-0.25, -0.2) is 9.78 Å². The quantitative estimate of drug-likeness (QED) is 0.213. The van der Waals surface area contributed by atoms with Crippen LogP contribution in [-0.2, 0) is 19.6 Å². The second-order valence-corrected chi connectivity index (χ2v) is 9.87. The number of nitrogens with two attached hydrogens (primary N) is 1. The molecule has 2 rings (SSSR count). The van der Waals surface area contributed by atoms with Crippen LogP contribution < -0.4 is 5.73 Å². The SMILES string of the molecule is COC(=O)CCCC[SH](C)(O)=NC(=O)c1cnc(N)c(C#Cc2cccc(C(=O)O)c2)c1. The summed E-state index contributed by atoms with van der Waals surface area (Å²) in [5.41, 5.74) is 6.81. The van der Waals surface area contributed by atoms with Crippen molar-refractivity contribution >= 4 is 33.8 Å². The van der Waals surface area contributed by atoms with Crippen LogP contribution in [0.3, 0.4) is 0 Å². The highest BCUT2D eigenvalue weighted by Crippen LogP contribution is 2.14. The Morgan fingerprint density at radius 3 is 2.62 bits per heavy atom. The number of methoxy groups -OCH3 is 1. The van der Waals surface area contributed by atoms with E-state index in [1.54, 1.807) is 12.1 Å². The van der Waals surface area contributed by atoms with Crippen LogP contribution in [0.1, 0.15) is 51.1 Å². The fourth-order valence-corrected chi connectivity index (χ4v) is 4.08. The Labute approximate surface area is 186 Å². The number of hydrogen-bond acceptors (Lipinski definition) is 6. The van der Waals surface area contributed by atoms with Crippen LogP contribution in [0.2, 0.25) is 0 Å². The first-order valence-corrected chi connectivity index (χ1v) is 12.0. The molecule has 0 atom stereocenters. The number of unbranched alkanes of at least 4 members (excludes halogenated alkanes) is 1. The first-order valence-electron chi connectivity index (χ1n) is 9.65. The number of aromatic carboxylic acids is 1. The van der Waals surface area contributed by atoms with E-state index in [2.05, 4.69) is 25.9 Å². The molecule has 0 aliphatic carbocycles. The molecule has 0 spiro atoms. The van der Waals surface area contributed by atoms with Gasteiger partial charge in [0, 0.05) is 23.9 Å². The third-order valence-corrected chi connectivity index (χ3v) is 6.14. The van der Waals surface area contributed by atoms with Gasteiger partial charge in [-0.2, -0.15) is 4.36 Å². The molecule has 4 N–H and O–H groups in total. The van der Waals surface area contributed by atoms with Crippen LogP contribution in [0.25, 0.3) is 0 Å². The molecular weight excluding hydrogens is 434 g/mol. The number of hydrogen-bond donors (Lipinski definition) is 4. The number of rotatable bonds is 7. The lowest BCUT2D eigenvalue weighted by molar-refractivity contribution is -0.140. The Balaban J connectivity index is 2.17. The van der Waals surface area contributed by atoms with E-state index in [4.69, 9.17) is 10.8 Å². The summed E-state index contributed by atoms with van der Waals surface area (Å²) < 4.78 is 19.0. The number of amides is 1. The van der Waals surface area contributed by atoms with Gasteiger partial charge in [0.1, 0.15) is 5.82 Å². The third-order valence-electron chi connectivity index (χ3n) is 4.36. The molecule has 0 bridgehead atoms. The predicted molar refractivity (Wildman–Crippen MR) is 123 cm³/mol. The molecule has 0 radical (unpaired) electrons. The van der Waals surface area contributed by atoms with Gasteiger partial charge in [-0.05, 0) is 43.4 Å². The van der Waals surface area contributed by atoms with Gasteiger partial charge in [-0.1, -0.05) is 17.9 Å². The summed E-state index contributed by atoms with van der Waals surface area (Å²) in [4.78, 5) is 38.7. The molecule has 9 nitrogen and oxygen atoms in total. The van der Waals surface area contributed by atoms with E-state index < -0.39 is 22.0 Å². The van der Waals surface area contributed by atoms with E-state index in [0.717, 1.165) is 0 Å². The normalized spacial score (nSPS) is 11.1. The fraction of sp³-hybridized carbons (Fsp3) is 0.273. The molecule has 0 saturated heterocycles. The maximum absolute atomic E-state index is 12.5. The Kier molecular flexibility index (Phi) is 8.63. The Morgan fingerprint density at radius 2 is 1.94 bits per heavy atom. The molecule has 0 saturated carbocycles. The van der Waals surface area contributed by atoms with Crippen LogP contribution in [0.15, 0.2) is 40.9 Å². The van der Waals surface area contributed by atoms with Gasteiger partial charge < -0.3 is 20.1 Å². The highest BCUT2D eigenvalue weighted by atomic mass is 32.3. The van der Waals surface area contributed by atoms with E-state index in [9.17, 15) is 18.9 Å². The first kappa shape index (κ1) is 24.7. The minimum absolute atomic E-state index is 0.100. The van der Waals surface area contributed by atoms with Gasteiger partial charge in [-0.15, -0.1) is 10.1 Å². The number of carboxylic acids is 1. The molecule has 1 amide bonds. The number of nitrogens with zero attached hydrogens (tertiary/aromatic N) is 2. The van der Waals surface area contributed by atoms with E-state index in [1.165, 1.54) is 37.8 Å². The number of nitrogen functional groups attached to an aromatic ring is 1. The van der Waals surface area contributed by atoms with Gasteiger partial charge in [0.05, 0.1) is 23.8 Å². The number of thiol groups is 1. The molecule has 1 aromatic carbocycles. The summed E-state index contributed by atoms with van der Waals surface area (Å²) >= 11 is 0. The van der Waals surface area contributed by atoms with Crippen molar-refractivity contribution in [2.24, 2.45) is 4.36 Å². The van der Waals surface area contributed by atoms with Crippen LogP contribution in [0.5, 0.6) is 0 Å². The smallest absolute Gasteiger partial charge is 0.335 e. The molecule has 0 aliphatic heterocycles. The zero-order valence-electron chi connectivity index (χ0n) is 17.7. The topological polar surface area (TPSA) is 152 Å². The van der Waals surface area contributed by atoms with Crippen molar-refractivity contribution in [3.8, 4) is 11.8 Å². The fourth-order valence-electron chi connectivity index (χ4n) is 2.65. The molecule has 0 unspecified atom stereocenters. The molecule has 0 fully saturated rings. The molecule has 170 valence electrons. The van der Waals surface area contributed by atoms with Gasteiger partial charge in [-0.3, -0.25) is 9.59 Å². The average Bonchev–Trinajstić information content (AvgIpc) is 2.75. The van der Waals surface area contributed by atoms with Gasteiger partial charge in [0.25, 0.3) is 5.91 Å². The minimum Gasteiger partial charge on any atom is -0.478 e.